The fourth-order valence-electron chi connectivity index (χ4n) is 2.12. The number of halogens is 2. The van der Waals surface area contributed by atoms with Gasteiger partial charge < -0.3 is 10.5 Å². The van der Waals surface area contributed by atoms with Crippen LogP contribution in [0.5, 0.6) is 11.6 Å². The molecule has 1 heterocycles. The van der Waals surface area contributed by atoms with Crippen LogP contribution >= 0.6 is 27.5 Å². The van der Waals surface area contributed by atoms with Crippen LogP contribution in [0, 0.1) is 0 Å². The van der Waals surface area contributed by atoms with Gasteiger partial charge in [-0.25, -0.2) is 4.98 Å². The van der Waals surface area contributed by atoms with Crippen molar-refractivity contribution in [3.8, 4) is 11.6 Å². The van der Waals surface area contributed by atoms with Crippen molar-refractivity contribution in [3.05, 3.63) is 63.7 Å². The van der Waals surface area contributed by atoms with E-state index in [4.69, 9.17) is 22.1 Å². The second-order valence-electron chi connectivity index (χ2n) is 4.51. The van der Waals surface area contributed by atoms with E-state index in [0.717, 1.165) is 20.8 Å². The predicted molar refractivity (Wildman–Crippen MR) is 88.9 cm³/mol. The molecule has 0 spiro atoms. The summed E-state index contributed by atoms with van der Waals surface area (Å²) < 4.78 is 6.95. The Kier molecular flexibility index (Phi) is 4.10. The second-order valence-corrected chi connectivity index (χ2v) is 5.80. The first kappa shape index (κ1) is 14.3. The van der Waals surface area contributed by atoms with E-state index < -0.39 is 0 Å². The van der Waals surface area contributed by atoms with Gasteiger partial charge in [-0.05, 0) is 30.3 Å². The maximum absolute atomic E-state index is 6.03. The Bertz CT molecular complexity index is 807. The number of pyridine rings is 1. The zero-order valence-electron chi connectivity index (χ0n) is 11.0. The van der Waals surface area contributed by atoms with Crippen molar-refractivity contribution < 1.29 is 4.74 Å². The normalized spacial score (nSPS) is 10.8. The fourth-order valence-corrected chi connectivity index (χ4v) is 2.78. The molecule has 5 heteroatoms. The maximum atomic E-state index is 6.03. The number of benzene rings is 2. The van der Waals surface area contributed by atoms with E-state index in [1.165, 1.54) is 0 Å². The SMILES string of the molecule is NCc1ccc(Cl)cc1Oc1nccc2c(Br)cccc12. The molecule has 1 aromatic heterocycles. The van der Waals surface area contributed by atoms with Crippen LogP contribution in [0.4, 0.5) is 0 Å². The second kappa shape index (κ2) is 6.02. The van der Waals surface area contributed by atoms with Crippen molar-refractivity contribution >= 4 is 38.3 Å². The van der Waals surface area contributed by atoms with Gasteiger partial charge in [0.2, 0.25) is 5.88 Å². The van der Waals surface area contributed by atoms with Gasteiger partial charge in [-0.2, -0.15) is 0 Å². The summed E-state index contributed by atoms with van der Waals surface area (Å²) in [5, 5.41) is 2.57. The van der Waals surface area contributed by atoms with Gasteiger partial charge in [-0.15, -0.1) is 0 Å². The van der Waals surface area contributed by atoms with Gasteiger partial charge in [-0.3, -0.25) is 0 Å². The Hall–Kier alpha value is -1.62. The summed E-state index contributed by atoms with van der Waals surface area (Å²) in [5.41, 5.74) is 6.62. The summed E-state index contributed by atoms with van der Waals surface area (Å²) in [4.78, 5) is 4.32. The Morgan fingerprint density at radius 2 is 2.00 bits per heavy atom. The molecule has 0 saturated carbocycles. The molecule has 3 rings (SSSR count). The lowest BCUT2D eigenvalue weighted by atomic mass is 10.1. The molecule has 0 radical (unpaired) electrons. The fraction of sp³-hybridized carbons (Fsp3) is 0.0625. The Labute approximate surface area is 135 Å². The number of hydrogen-bond donors (Lipinski definition) is 1. The minimum Gasteiger partial charge on any atom is -0.438 e. The van der Waals surface area contributed by atoms with Crippen molar-refractivity contribution in [1.82, 2.24) is 4.98 Å². The largest absolute Gasteiger partial charge is 0.438 e. The zero-order valence-corrected chi connectivity index (χ0v) is 13.4. The molecule has 0 bridgehead atoms. The molecule has 3 nitrogen and oxygen atoms in total. The molecule has 0 unspecified atom stereocenters. The Balaban J connectivity index is 2.11. The molecule has 0 aliphatic heterocycles. The molecule has 3 aromatic rings. The lowest BCUT2D eigenvalue weighted by molar-refractivity contribution is 0.463. The van der Waals surface area contributed by atoms with Crippen LogP contribution in [0.25, 0.3) is 10.8 Å². The highest BCUT2D eigenvalue weighted by molar-refractivity contribution is 9.10. The van der Waals surface area contributed by atoms with Crippen LogP contribution in [0.3, 0.4) is 0 Å². The first-order valence-corrected chi connectivity index (χ1v) is 7.55. The molecule has 0 fully saturated rings. The topological polar surface area (TPSA) is 48.1 Å². The molecule has 0 aliphatic rings. The molecular weight excluding hydrogens is 352 g/mol. The summed E-state index contributed by atoms with van der Waals surface area (Å²) in [6.45, 7) is 0.376. The zero-order chi connectivity index (χ0) is 14.8. The lowest BCUT2D eigenvalue weighted by Gasteiger charge is -2.12. The molecular formula is C16H12BrClN2O. The van der Waals surface area contributed by atoms with E-state index >= 15 is 0 Å². The highest BCUT2D eigenvalue weighted by Crippen LogP contribution is 2.33. The molecule has 21 heavy (non-hydrogen) atoms. The number of ether oxygens (including phenoxy) is 1. The summed E-state index contributed by atoms with van der Waals surface area (Å²) in [7, 11) is 0. The van der Waals surface area contributed by atoms with Gasteiger partial charge in [0.05, 0.1) is 0 Å². The first-order valence-electron chi connectivity index (χ1n) is 6.38. The quantitative estimate of drug-likeness (QED) is 0.720. The molecule has 2 aromatic carbocycles. The maximum Gasteiger partial charge on any atom is 0.227 e. The number of rotatable bonds is 3. The smallest absolute Gasteiger partial charge is 0.227 e. The van der Waals surface area contributed by atoms with E-state index in [1.807, 2.05) is 30.3 Å². The number of nitrogens with two attached hydrogens (primary N) is 1. The number of hydrogen-bond acceptors (Lipinski definition) is 3. The van der Waals surface area contributed by atoms with E-state index in [1.54, 1.807) is 18.3 Å². The molecule has 0 saturated heterocycles. The average Bonchev–Trinajstić information content (AvgIpc) is 2.49. The Morgan fingerprint density at radius 1 is 1.14 bits per heavy atom. The summed E-state index contributed by atoms with van der Waals surface area (Å²) >= 11 is 9.57. The number of nitrogens with zero attached hydrogens (tertiary/aromatic N) is 1. The van der Waals surface area contributed by atoms with E-state index in [0.29, 0.717) is 23.2 Å². The molecule has 0 aliphatic carbocycles. The van der Waals surface area contributed by atoms with Gasteiger partial charge in [0, 0.05) is 38.6 Å². The van der Waals surface area contributed by atoms with Crippen LogP contribution in [-0.2, 0) is 6.54 Å². The third kappa shape index (κ3) is 2.88. The van der Waals surface area contributed by atoms with Gasteiger partial charge in [0.25, 0.3) is 0 Å². The summed E-state index contributed by atoms with van der Waals surface area (Å²) in [6.07, 6.45) is 1.72. The molecule has 106 valence electrons. The minimum absolute atomic E-state index is 0.376. The average molecular weight is 364 g/mol. The van der Waals surface area contributed by atoms with Crippen molar-refractivity contribution in [2.24, 2.45) is 5.73 Å². The van der Waals surface area contributed by atoms with Crippen LogP contribution in [0.15, 0.2) is 53.1 Å². The van der Waals surface area contributed by atoms with Crippen LogP contribution in [0.2, 0.25) is 5.02 Å². The number of aromatic nitrogens is 1. The number of fused-ring (bicyclic) bond motifs is 1. The van der Waals surface area contributed by atoms with E-state index in [9.17, 15) is 0 Å². The summed E-state index contributed by atoms with van der Waals surface area (Å²) in [6, 6.07) is 13.2. The van der Waals surface area contributed by atoms with E-state index in [2.05, 4.69) is 20.9 Å². The van der Waals surface area contributed by atoms with Crippen molar-refractivity contribution in [3.63, 3.8) is 0 Å². The molecule has 0 amide bonds. The monoisotopic (exact) mass is 362 g/mol. The van der Waals surface area contributed by atoms with Crippen molar-refractivity contribution in [1.29, 1.82) is 0 Å². The van der Waals surface area contributed by atoms with Crippen molar-refractivity contribution in [2.45, 2.75) is 6.54 Å². The predicted octanol–water partition coefficient (Wildman–Crippen LogP) is 4.90. The van der Waals surface area contributed by atoms with Crippen LogP contribution < -0.4 is 10.5 Å². The molecule has 2 N–H and O–H groups in total. The van der Waals surface area contributed by atoms with Crippen molar-refractivity contribution in [2.75, 3.05) is 0 Å². The standard InChI is InChI=1S/C16H12BrClN2O/c17-14-3-1-2-13-12(14)6-7-20-16(13)21-15-8-11(18)5-4-10(15)9-19/h1-8H,9,19H2. The third-order valence-electron chi connectivity index (χ3n) is 3.17. The van der Waals surface area contributed by atoms with Crippen LogP contribution in [-0.4, -0.2) is 4.98 Å². The van der Waals surface area contributed by atoms with E-state index in [-0.39, 0.29) is 0 Å². The Morgan fingerprint density at radius 3 is 2.81 bits per heavy atom. The highest BCUT2D eigenvalue weighted by atomic mass is 79.9. The first-order chi connectivity index (χ1) is 10.2. The van der Waals surface area contributed by atoms with Crippen LogP contribution in [0.1, 0.15) is 5.56 Å². The van der Waals surface area contributed by atoms with Gasteiger partial charge >= 0.3 is 0 Å². The summed E-state index contributed by atoms with van der Waals surface area (Å²) in [5.74, 6) is 1.16. The van der Waals surface area contributed by atoms with Gasteiger partial charge in [0.1, 0.15) is 5.75 Å². The molecule has 0 atom stereocenters. The highest BCUT2D eigenvalue weighted by Gasteiger charge is 2.10. The van der Waals surface area contributed by atoms with Gasteiger partial charge in [0.15, 0.2) is 0 Å². The minimum atomic E-state index is 0.376. The van der Waals surface area contributed by atoms with Gasteiger partial charge in [-0.1, -0.05) is 39.7 Å². The lowest BCUT2D eigenvalue weighted by Crippen LogP contribution is -2.00. The third-order valence-corrected chi connectivity index (χ3v) is 4.10.